The predicted octanol–water partition coefficient (Wildman–Crippen LogP) is 1.95. The van der Waals surface area contributed by atoms with Crippen molar-refractivity contribution in [1.29, 1.82) is 0 Å². The van der Waals surface area contributed by atoms with Crippen LogP contribution in [0.4, 0.5) is 0 Å². The quantitative estimate of drug-likeness (QED) is 0.800. The van der Waals surface area contributed by atoms with Crippen molar-refractivity contribution >= 4 is 35.8 Å². The van der Waals surface area contributed by atoms with E-state index in [9.17, 15) is 5.11 Å². The molecule has 2 N–H and O–H groups in total. The summed E-state index contributed by atoms with van der Waals surface area (Å²) < 4.78 is 7.78. The van der Waals surface area contributed by atoms with Crippen LogP contribution in [0.15, 0.2) is 24.3 Å². The van der Waals surface area contributed by atoms with E-state index in [4.69, 9.17) is 9.72 Å². The van der Waals surface area contributed by atoms with Gasteiger partial charge in [0.2, 0.25) is 0 Å². The normalized spacial score (nSPS) is 24.8. The van der Waals surface area contributed by atoms with Crippen LogP contribution in [0.1, 0.15) is 24.6 Å². The van der Waals surface area contributed by atoms with Crippen molar-refractivity contribution in [2.45, 2.75) is 24.4 Å². The third-order valence-corrected chi connectivity index (χ3v) is 5.54. The van der Waals surface area contributed by atoms with E-state index in [1.54, 1.807) is 0 Å². The highest BCUT2D eigenvalue weighted by Gasteiger charge is 2.33. The number of ether oxygens (including phenoxy) is 1. The van der Waals surface area contributed by atoms with Crippen LogP contribution >= 0.6 is 24.8 Å². The summed E-state index contributed by atoms with van der Waals surface area (Å²) in [6, 6.07) is 8.34. The first-order valence-corrected chi connectivity index (χ1v) is 9.29. The zero-order valence-electron chi connectivity index (χ0n) is 15.8. The number of hydrogen-bond acceptors (Lipinski definition) is 5. The van der Waals surface area contributed by atoms with Crippen LogP contribution in [0, 0.1) is 0 Å². The molecule has 3 heterocycles. The van der Waals surface area contributed by atoms with Gasteiger partial charge in [0, 0.05) is 32.6 Å². The SMILES string of the molecule is Cl.Cl.Cn1c(C2CCN(CC3(O)CNCCOC3)CC2)nc2ccccc21. The lowest BCUT2D eigenvalue weighted by Gasteiger charge is -2.37. The minimum absolute atomic E-state index is 0. The number of hydrogen-bond donors (Lipinski definition) is 2. The number of aryl methyl sites for hydroxylation is 1. The highest BCUT2D eigenvalue weighted by Crippen LogP contribution is 2.30. The molecular formula is C19H30Cl2N4O2. The molecule has 1 unspecified atom stereocenters. The molecule has 0 amide bonds. The lowest BCUT2D eigenvalue weighted by Crippen LogP contribution is -2.52. The fraction of sp³-hybridized carbons (Fsp3) is 0.632. The Morgan fingerprint density at radius 2 is 2.00 bits per heavy atom. The van der Waals surface area contributed by atoms with Gasteiger partial charge < -0.3 is 24.6 Å². The molecule has 4 rings (SSSR count). The van der Waals surface area contributed by atoms with Gasteiger partial charge in [0.05, 0.1) is 24.2 Å². The van der Waals surface area contributed by atoms with Crippen molar-refractivity contribution in [3.05, 3.63) is 30.1 Å². The molecule has 2 aliphatic rings. The number of halogens is 2. The number of para-hydroxylation sites is 2. The van der Waals surface area contributed by atoms with Crippen LogP contribution in [-0.2, 0) is 11.8 Å². The van der Waals surface area contributed by atoms with Crippen molar-refractivity contribution in [3.8, 4) is 0 Å². The Hall–Kier alpha value is -0.890. The monoisotopic (exact) mass is 416 g/mol. The van der Waals surface area contributed by atoms with E-state index in [2.05, 4.69) is 40.0 Å². The van der Waals surface area contributed by atoms with E-state index in [0.29, 0.717) is 32.2 Å². The topological polar surface area (TPSA) is 62.5 Å². The molecule has 0 radical (unpaired) electrons. The second-order valence-electron chi connectivity index (χ2n) is 7.52. The van der Waals surface area contributed by atoms with Gasteiger partial charge in [0.15, 0.2) is 0 Å². The smallest absolute Gasteiger partial charge is 0.113 e. The summed E-state index contributed by atoms with van der Waals surface area (Å²) >= 11 is 0. The molecule has 1 aromatic carbocycles. The van der Waals surface area contributed by atoms with Crippen LogP contribution in [0.25, 0.3) is 11.0 Å². The first kappa shape index (κ1) is 22.4. The molecular weight excluding hydrogens is 387 g/mol. The Balaban J connectivity index is 0.00000131. The van der Waals surface area contributed by atoms with Crippen LogP contribution < -0.4 is 5.32 Å². The average molecular weight is 417 g/mol. The third kappa shape index (κ3) is 4.94. The third-order valence-electron chi connectivity index (χ3n) is 5.54. The van der Waals surface area contributed by atoms with E-state index >= 15 is 0 Å². The fourth-order valence-electron chi connectivity index (χ4n) is 4.17. The fourth-order valence-corrected chi connectivity index (χ4v) is 4.17. The summed E-state index contributed by atoms with van der Waals surface area (Å²) in [4.78, 5) is 7.24. The number of likely N-dealkylation sites (tertiary alicyclic amines) is 1. The number of β-amino-alcohol motifs (C(OH)–C–C–N with tert-alkyl or cyclic N) is 1. The molecule has 0 spiro atoms. The molecule has 2 aromatic rings. The van der Waals surface area contributed by atoms with Crippen molar-refractivity contribution in [1.82, 2.24) is 19.8 Å². The van der Waals surface area contributed by atoms with Crippen molar-refractivity contribution in [2.75, 3.05) is 45.9 Å². The van der Waals surface area contributed by atoms with Gasteiger partial charge >= 0.3 is 0 Å². The van der Waals surface area contributed by atoms with Gasteiger partial charge in [0.25, 0.3) is 0 Å². The van der Waals surface area contributed by atoms with Gasteiger partial charge in [-0.3, -0.25) is 0 Å². The number of rotatable bonds is 3. The maximum Gasteiger partial charge on any atom is 0.113 e. The molecule has 1 aromatic heterocycles. The number of benzene rings is 1. The summed E-state index contributed by atoms with van der Waals surface area (Å²) in [5.41, 5.74) is 1.51. The van der Waals surface area contributed by atoms with Crippen molar-refractivity contribution < 1.29 is 9.84 Å². The molecule has 2 aliphatic heterocycles. The summed E-state index contributed by atoms with van der Waals surface area (Å²) in [6.45, 7) is 5.19. The Morgan fingerprint density at radius 1 is 1.26 bits per heavy atom. The number of nitrogens with zero attached hydrogens (tertiary/aromatic N) is 3. The second-order valence-corrected chi connectivity index (χ2v) is 7.52. The first-order valence-electron chi connectivity index (χ1n) is 9.29. The summed E-state index contributed by atoms with van der Waals surface area (Å²) in [7, 11) is 2.12. The lowest BCUT2D eigenvalue weighted by molar-refractivity contribution is -0.0521. The van der Waals surface area contributed by atoms with Crippen LogP contribution in [0.3, 0.4) is 0 Å². The Bertz CT molecular complexity index is 724. The van der Waals surface area contributed by atoms with Gasteiger partial charge in [-0.1, -0.05) is 12.1 Å². The highest BCUT2D eigenvalue weighted by atomic mass is 35.5. The number of aliphatic hydroxyl groups is 1. The van der Waals surface area contributed by atoms with Gasteiger partial charge in [0.1, 0.15) is 11.4 Å². The van der Waals surface area contributed by atoms with Crippen LogP contribution in [0.5, 0.6) is 0 Å². The Morgan fingerprint density at radius 3 is 2.74 bits per heavy atom. The number of nitrogens with one attached hydrogen (secondary N) is 1. The number of fused-ring (bicyclic) bond motifs is 1. The minimum atomic E-state index is -0.777. The zero-order valence-corrected chi connectivity index (χ0v) is 17.4. The van der Waals surface area contributed by atoms with Gasteiger partial charge in [-0.05, 0) is 38.1 Å². The Kier molecular flexibility index (Phi) is 7.92. The second kappa shape index (κ2) is 9.54. The maximum absolute atomic E-state index is 10.8. The Labute approximate surface area is 173 Å². The highest BCUT2D eigenvalue weighted by molar-refractivity contribution is 5.85. The molecule has 8 heteroatoms. The molecule has 1 atom stereocenters. The van der Waals surface area contributed by atoms with Crippen LogP contribution in [0.2, 0.25) is 0 Å². The van der Waals surface area contributed by atoms with Gasteiger partial charge in [-0.25, -0.2) is 4.98 Å². The van der Waals surface area contributed by atoms with Crippen molar-refractivity contribution in [2.24, 2.45) is 7.05 Å². The molecule has 2 fully saturated rings. The number of imidazole rings is 1. The molecule has 2 saturated heterocycles. The molecule has 0 saturated carbocycles. The molecule has 0 aliphatic carbocycles. The van der Waals surface area contributed by atoms with E-state index in [0.717, 1.165) is 38.0 Å². The van der Waals surface area contributed by atoms with E-state index < -0.39 is 5.60 Å². The minimum Gasteiger partial charge on any atom is -0.385 e. The zero-order chi connectivity index (χ0) is 17.3. The predicted molar refractivity (Wildman–Crippen MR) is 112 cm³/mol. The van der Waals surface area contributed by atoms with E-state index in [-0.39, 0.29) is 24.8 Å². The molecule has 27 heavy (non-hydrogen) atoms. The lowest BCUT2D eigenvalue weighted by atomic mass is 9.94. The maximum atomic E-state index is 10.8. The number of aromatic nitrogens is 2. The van der Waals surface area contributed by atoms with Gasteiger partial charge in [-0.2, -0.15) is 0 Å². The van der Waals surface area contributed by atoms with Crippen LogP contribution in [-0.4, -0.2) is 71.1 Å². The summed E-state index contributed by atoms with van der Waals surface area (Å²) in [6.07, 6.45) is 2.17. The molecule has 152 valence electrons. The summed E-state index contributed by atoms with van der Waals surface area (Å²) in [5, 5.41) is 14.0. The first-order chi connectivity index (χ1) is 12.1. The average Bonchev–Trinajstić information content (AvgIpc) is 2.81. The van der Waals surface area contributed by atoms with Crippen molar-refractivity contribution in [3.63, 3.8) is 0 Å². The molecule has 6 nitrogen and oxygen atoms in total. The largest absolute Gasteiger partial charge is 0.385 e. The summed E-state index contributed by atoms with van der Waals surface area (Å²) in [5.74, 6) is 1.69. The number of piperidine rings is 1. The van der Waals surface area contributed by atoms with E-state index in [1.807, 2.05) is 6.07 Å². The standard InChI is InChI=1S/C19H28N4O2.2ClH/c1-22-17-5-3-2-4-16(17)21-18(22)15-6-9-23(10-7-15)13-19(24)12-20-8-11-25-14-19;;/h2-5,15,20,24H,6-14H2,1H3;2*1H. The van der Waals surface area contributed by atoms with Gasteiger partial charge in [-0.15, -0.1) is 24.8 Å². The molecule has 0 bridgehead atoms. The van der Waals surface area contributed by atoms with E-state index in [1.165, 1.54) is 11.3 Å².